The van der Waals surface area contributed by atoms with Gasteiger partial charge in [-0.25, -0.2) is 8.42 Å². The van der Waals surface area contributed by atoms with E-state index in [1.54, 1.807) is 24.3 Å². The summed E-state index contributed by atoms with van der Waals surface area (Å²) in [7, 11) is -4.19. The van der Waals surface area contributed by atoms with Gasteiger partial charge in [-0.15, -0.1) is 0 Å². The van der Waals surface area contributed by atoms with Gasteiger partial charge in [-0.1, -0.05) is 67.6 Å². The normalized spacial score (nSPS) is 14.5. The van der Waals surface area contributed by atoms with Crippen LogP contribution in [0.4, 0.5) is 5.69 Å². The molecule has 3 aromatic carbocycles. The number of benzene rings is 3. The Hall–Kier alpha value is -3.56. The zero-order chi connectivity index (χ0) is 31.7. The van der Waals surface area contributed by atoms with Crippen LogP contribution < -0.4 is 14.4 Å². The highest BCUT2D eigenvalue weighted by Gasteiger charge is 2.34. The minimum absolute atomic E-state index is 0.00379. The summed E-state index contributed by atoms with van der Waals surface area (Å²) in [5, 5.41) is 3.57. The molecule has 4 rings (SSSR count). The van der Waals surface area contributed by atoms with Crippen molar-refractivity contribution < 1.29 is 22.7 Å². The van der Waals surface area contributed by atoms with E-state index >= 15 is 0 Å². The monoisotopic (exact) mass is 639 g/mol. The summed E-state index contributed by atoms with van der Waals surface area (Å²) in [6, 6.07) is 19.5. The molecule has 1 unspecified atom stereocenters. The zero-order valence-electron chi connectivity index (χ0n) is 25.7. The van der Waals surface area contributed by atoms with Crippen LogP contribution in [0, 0.1) is 6.92 Å². The first-order valence-corrected chi connectivity index (χ1v) is 17.1. The molecule has 0 radical (unpaired) electrons. The molecular weight excluding hydrogens is 598 g/mol. The van der Waals surface area contributed by atoms with Crippen molar-refractivity contribution in [3.8, 4) is 5.75 Å². The molecule has 0 spiro atoms. The lowest BCUT2D eigenvalue weighted by atomic mass is 9.95. The molecule has 1 N–H and O–H groups in total. The Morgan fingerprint density at radius 3 is 2.27 bits per heavy atom. The van der Waals surface area contributed by atoms with Crippen LogP contribution in [0.25, 0.3) is 0 Å². The number of amides is 2. The number of nitrogens with one attached hydrogen (secondary N) is 1. The average molecular weight is 640 g/mol. The van der Waals surface area contributed by atoms with Gasteiger partial charge >= 0.3 is 0 Å². The average Bonchev–Trinajstić information content (AvgIpc) is 3.01. The fourth-order valence-corrected chi connectivity index (χ4v) is 7.15. The third-order valence-corrected chi connectivity index (χ3v) is 9.93. The van der Waals surface area contributed by atoms with Crippen molar-refractivity contribution in [1.29, 1.82) is 0 Å². The van der Waals surface area contributed by atoms with Gasteiger partial charge in [-0.3, -0.25) is 13.9 Å². The van der Waals surface area contributed by atoms with Crippen molar-refractivity contribution in [2.24, 2.45) is 0 Å². The third kappa shape index (κ3) is 8.54. The lowest BCUT2D eigenvalue weighted by Gasteiger charge is -2.34. The number of carbonyl (C=O) groups is 2. The van der Waals surface area contributed by atoms with E-state index < -0.39 is 28.5 Å². The predicted octanol–water partition coefficient (Wildman–Crippen LogP) is 6.50. The van der Waals surface area contributed by atoms with Crippen LogP contribution in [0.3, 0.4) is 0 Å². The minimum atomic E-state index is -4.19. The molecule has 2 amide bonds. The number of hydrogen-bond donors (Lipinski definition) is 1. The van der Waals surface area contributed by atoms with Crippen molar-refractivity contribution in [3.63, 3.8) is 0 Å². The van der Waals surface area contributed by atoms with Crippen LogP contribution in [-0.2, 0) is 26.2 Å². The summed E-state index contributed by atoms with van der Waals surface area (Å²) in [5.41, 5.74) is 2.18. The molecule has 1 fully saturated rings. The molecule has 236 valence electrons. The van der Waals surface area contributed by atoms with E-state index in [1.165, 1.54) is 29.2 Å². The fraction of sp³-hybridized carbons (Fsp3) is 0.412. The standard InChI is InChI=1S/C34H42ClN3O5S/c1-4-32(34(40)36-28-12-7-6-8-13-28)37(23-26-11-9-10-25(3)22-26)33(39)24-38(29-16-18-30(19-17-29)43-5-2)44(41,42)31-20-14-27(35)15-21-31/h9-11,14-22,28,32H,4-8,12-13,23-24H2,1-3H3,(H,36,40). The van der Waals surface area contributed by atoms with Gasteiger partial charge in [0.1, 0.15) is 18.3 Å². The van der Waals surface area contributed by atoms with Gasteiger partial charge in [0.05, 0.1) is 17.2 Å². The largest absolute Gasteiger partial charge is 0.494 e. The third-order valence-electron chi connectivity index (χ3n) is 7.89. The Kier molecular flexibility index (Phi) is 11.7. The highest BCUT2D eigenvalue weighted by molar-refractivity contribution is 7.92. The zero-order valence-corrected chi connectivity index (χ0v) is 27.2. The first-order valence-electron chi connectivity index (χ1n) is 15.3. The Morgan fingerprint density at radius 1 is 0.977 bits per heavy atom. The highest BCUT2D eigenvalue weighted by Crippen LogP contribution is 2.28. The van der Waals surface area contributed by atoms with Crippen molar-refractivity contribution in [1.82, 2.24) is 10.2 Å². The maximum atomic E-state index is 14.3. The number of halogens is 1. The molecule has 8 nitrogen and oxygen atoms in total. The summed E-state index contributed by atoms with van der Waals surface area (Å²) in [6.45, 7) is 5.82. The van der Waals surface area contributed by atoms with Gasteiger partial charge < -0.3 is 15.0 Å². The van der Waals surface area contributed by atoms with Gasteiger partial charge in [0.25, 0.3) is 10.0 Å². The molecule has 0 aromatic heterocycles. The number of carbonyl (C=O) groups excluding carboxylic acids is 2. The Balaban J connectivity index is 1.71. The van der Waals surface area contributed by atoms with Crippen molar-refractivity contribution in [2.75, 3.05) is 17.5 Å². The number of nitrogens with zero attached hydrogens (tertiary/aromatic N) is 2. The van der Waals surface area contributed by atoms with Crippen LogP contribution in [-0.4, -0.2) is 50.4 Å². The SMILES string of the molecule is CCOc1ccc(N(CC(=O)N(Cc2cccc(C)c2)C(CC)C(=O)NC2CCCCC2)S(=O)(=O)c2ccc(Cl)cc2)cc1. The maximum Gasteiger partial charge on any atom is 0.264 e. The maximum absolute atomic E-state index is 14.3. The quantitative estimate of drug-likeness (QED) is 0.230. The molecule has 0 saturated heterocycles. The van der Waals surface area contributed by atoms with Gasteiger partial charge in [0, 0.05) is 17.6 Å². The molecule has 0 bridgehead atoms. The second kappa shape index (κ2) is 15.4. The second-order valence-electron chi connectivity index (χ2n) is 11.2. The first-order chi connectivity index (χ1) is 21.1. The molecule has 10 heteroatoms. The summed E-state index contributed by atoms with van der Waals surface area (Å²) in [4.78, 5) is 29.5. The summed E-state index contributed by atoms with van der Waals surface area (Å²) >= 11 is 6.05. The van der Waals surface area contributed by atoms with E-state index in [0.29, 0.717) is 29.5 Å². The summed E-state index contributed by atoms with van der Waals surface area (Å²) < 4.78 is 34.7. The molecule has 44 heavy (non-hydrogen) atoms. The molecule has 1 atom stereocenters. The summed E-state index contributed by atoms with van der Waals surface area (Å²) in [6.07, 6.45) is 5.49. The molecule has 1 aliphatic rings. The number of sulfonamides is 1. The molecule has 3 aromatic rings. The highest BCUT2D eigenvalue weighted by atomic mass is 35.5. The van der Waals surface area contributed by atoms with E-state index in [0.717, 1.165) is 47.5 Å². The molecule has 0 aliphatic heterocycles. The number of anilines is 1. The van der Waals surface area contributed by atoms with Crippen LogP contribution in [0.15, 0.2) is 77.7 Å². The number of rotatable bonds is 13. The first kappa shape index (κ1) is 33.3. The predicted molar refractivity (Wildman–Crippen MR) is 174 cm³/mol. The van der Waals surface area contributed by atoms with E-state index in [-0.39, 0.29) is 23.4 Å². The topological polar surface area (TPSA) is 96.0 Å². The fourth-order valence-electron chi connectivity index (χ4n) is 5.61. The van der Waals surface area contributed by atoms with E-state index in [2.05, 4.69) is 5.32 Å². The van der Waals surface area contributed by atoms with Crippen molar-refractivity contribution in [3.05, 3.63) is 88.9 Å². The van der Waals surface area contributed by atoms with Crippen molar-refractivity contribution in [2.45, 2.75) is 82.8 Å². The number of aryl methyl sites for hydroxylation is 1. The second-order valence-corrected chi connectivity index (χ2v) is 13.5. The van der Waals surface area contributed by atoms with E-state index in [1.807, 2.05) is 45.0 Å². The lowest BCUT2D eigenvalue weighted by Crippen LogP contribution is -2.54. The Labute approximate surface area is 266 Å². The van der Waals surface area contributed by atoms with Crippen LogP contribution >= 0.6 is 11.6 Å². The van der Waals surface area contributed by atoms with Crippen molar-refractivity contribution >= 4 is 39.1 Å². The summed E-state index contributed by atoms with van der Waals surface area (Å²) in [5.74, 6) is -0.116. The van der Waals surface area contributed by atoms with Gasteiger partial charge in [-0.05, 0) is 87.2 Å². The smallest absolute Gasteiger partial charge is 0.264 e. The molecular formula is C34H42ClN3O5S. The molecule has 1 aliphatic carbocycles. The Morgan fingerprint density at radius 2 is 1.66 bits per heavy atom. The number of hydrogen-bond acceptors (Lipinski definition) is 5. The van der Waals surface area contributed by atoms with Crippen LogP contribution in [0.2, 0.25) is 5.02 Å². The Bertz CT molecular complexity index is 1510. The van der Waals surface area contributed by atoms with Crippen LogP contribution in [0.5, 0.6) is 5.75 Å². The van der Waals surface area contributed by atoms with E-state index in [4.69, 9.17) is 16.3 Å². The van der Waals surface area contributed by atoms with E-state index in [9.17, 15) is 18.0 Å². The van der Waals surface area contributed by atoms with Gasteiger partial charge in [-0.2, -0.15) is 0 Å². The minimum Gasteiger partial charge on any atom is -0.494 e. The lowest BCUT2D eigenvalue weighted by molar-refractivity contribution is -0.140. The van der Waals surface area contributed by atoms with Gasteiger partial charge in [0.2, 0.25) is 11.8 Å². The van der Waals surface area contributed by atoms with Crippen LogP contribution in [0.1, 0.15) is 63.5 Å². The number of ether oxygens (including phenoxy) is 1. The molecule has 1 saturated carbocycles. The molecule has 0 heterocycles. The van der Waals surface area contributed by atoms with Gasteiger partial charge in [0.15, 0.2) is 0 Å².